The monoisotopic (exact) mass is 292 g/mol. The van der Waals surface area contributed by atoms with Crippen LogP contribution in [0.15, 0.2) is 34.9 Å². The summed E-state index contributed by atoms with van der Waals surface area (Å²) in [5.41, 5.74) is 1.75. The first-order chi connectivity index (χ1) is 9.56. The standard InChI is InChI=1S/C15H17ClN2O2/c1-10(2)15(19)17-8-7-13-9-14(20-18-13)11-3-5-12(16)6-4-11/h3-6,9-10H,7-8H2,1-2H3,(H,17,19). The van der Waals surface area contributed by atoms with Crippen LogP contribution in [-0.4, -0.2) is 17.6 Å². The maximum atomic E-state index is 11.4. The molecule has 0 saturated carbocycles. The molecule has 1 N–H and O–H groups in total. The predicted molar refractivity (Wildman–Crippen MR) is 78.5 cm³/mol. The number of rotatable bonds is 5. The zero-order valence-corrected chi connectivity index (χ0v) is 12.3. The second-order valence-corrected chi connectivity index (χ2v) is 5.32. The molecular formula is C15H17ClN2O2. The topological polar surface area (TPSA) is 55.1 Å². The van der Waals surface area contributed by atoms with Crippen LogP contribution in [0.5, 0.6) is 0 Å². The van der Waals surface area contributed by atoms with Gasteiger partial charge in [-0.1, -0.05) is 30.6 Å². The van der Waals surface area contributed by atoms with Gasteiger partial charge < -0.3 is 9.84 Å². The number of aromatic nitrogens is 1. The van der Waals surface area contributed by atoms with Gasteiger partial charge in [0.05, 0.1) is 5.69 Å². The minimum absolute atomic E-state index is 0.00284. The highest BCUT2D eigenvalue weighted by molar-refractivity contribution is 6.30. The maximum Gasteiger partial charge on any atom is 0.222 e. The molecule has 0 atom stereocenters. The van der Waals surface area contributed by atoms with E-state index < -0.39 is 0 Å². The van der Waals surface area contributed by atoms with E-state index in [0.29, 0.717) is 23.7 Å². The lowest BCUT2D eigenvalue weighted by Gasteiger charge is -2.05. The summed E-state index contributed by atoms with van der Waals surface area (Å²) < 4.78 is 5.29. The molecule has 0 saturated heterocycles. The molecule has 0 spiro atoms. The van der Waals surface area contributed by atoms with E-state index in [9.17, 15) is 4.79 Å². The van der Waals surface area contributed by atoms with Crippen LogP contribution in [0.25, 0.3) is 11.3 Å². The van der Waals surface area contributed by atoms with Crippen molar-refractivity contribution < 1.29 is 9.32 Å². The zero-order valence-electron chi connectivity index (χ0n) is 11.5. The average Bonchev–Trinajstić information content (AvgIpc) is 2.88. The largest absolute Gasteiger partial charge is 0.356 e. The van der Waals surface area contributed by atoms with Gasteiger partial charge in [0.1, 0.15) is 0 Å². The zero-order chi connectivity index (χ0) is 14.5. The summed E-state index contributed by atoms with van der Waals surface area (Å²) in [6.45, 7) is 4.29. The highest BCUT2D eigenvalue weighted by atomic mass is 35.5. The highest BCUT2D eigenvalue weighted by Crippen LogP contribution is 2.22. The molecule has 0 aliphatic heterocycles. The fourth-order valence-electron chi connectivity index (χ4n) is 1.70. The molecule has 0 fully saturated rings. The van der Waals surface area contributed by atoms with E-state index in [1.807, 2.05) is 44.2 Å². The van der Waals surface area contributed by atoms with Crippen LogP contribution in [0.4, 0.5) is 0 Å². The molecule has 2 aromatic rings. The molecule has 1 aromatic carbocycles. The van der Waals surface area contributed by atoms with E-state index in [4.69, 9.17) is 16.1 Å². The van der Waals surface area contributed by atoms with E-state index in [1.54, 1.807) is 0 Å². The molecule has 0 aliphatic rings. The Bertz CT molecular complexity index is 576. The van der Waals surface area contributed by atoms with Crippen LogP contribution in [0.1, 0.15) is 19.5 Å². The number of carbonyl (C=O) groups is 1. The third-order valence-electron chi connectivity index (χ3n) is 2.89. The van der Waals surface area contributed by atoms with Gasteiger partial charge in [0.2, 0.25) is 5.91 Å². The molecule has 20 heavy (non-hydrogen) atoms. The van der Waals surface area contributed by atoms with E-state index in [1.165, 1.54) is 0 Å². The molecule has 5 heteroatoms. The van der Waals surface area contributed by atoms with E-state index in [0.717, 1.165) is 11.3 Å². The van der Waals surface area contributed by atoms with Crippen LogP contribution >= 0.6 is 11.6 Å². The first kappa shape index (κ1) is 14.6. The van der Waals surface area contributed by atoms with Crippen LogP contribution in [-0.2, 0) is 11.2 Å². The number of hydrogen-bond acceptors (Lipinski definition) is 3. The van der Waals surface area contributed by atoms with Gasteiger partial charge in [0.15, 0.2) is 5.76 Å². The van der Waals surface area contributed by atoms with Crippen molar-refractivity contribution in [2.75, 3.05) is 6.54 Å². The van der Waals surface area contributed by atoms with Crippen LogP contribution in [0, 0.1) is 5.92 Å². The summed E-state index contributed by atoms with van der Waals surface area (Å²) in [4.78, 5) is 11.4. The molecule has 0 aliphatic carbocycles. The van der Waals surface area contributed by atoms with Crippen molar-refractivity contribution in [2.45, 2.75) is 20.3 Å². The second kappa shape index (κ2) is 6.57. The fourth-order valence-corrected chi connectivity index (χ4v) is 1.82. The van der Waals surface area contributed by atoms with Crippen molar-refractivity contribution in [1.82, 2.24) is 10.5 Å². The normalized spacial score (nSPS) is 10.8. The smallest absolute Gasteiger partial charge is 0.222 e. The highest BCUT2D eigenvalue weighted by Gasteiger charge is 2.09. The van der Waals surface area contributed by atoms with Crippen molar-refractivity contribution in [3.8, 4) is 11.3 Å². The Morgan fingerprint density at radius 3 is 2.70 bits per heavy atom. The Morgan fingerprint density at radius 2 is 2.05 bits per heavy atom. The first-order valence-corrected chi connectivity index (χ1v) is 6.93. The van der Waals surface area contributed by atoms with Gasteiger partial charge in [-0.15, -0.1) is 0 Å². The molecule has 0 radical (unpaired) electrons. The lowest BCUT2D eigenvalue weighted by atomic mass is 10.1. The van der Waals surface area contributed by atoms with Crippen molar-refractivity contribution in [3.05, 3.63) is 41.0 Å². The van der Waals surface area contributed by atoms with Gasteiger partial charge in [-0.25, -0.2) is 0 Å². The number of nitrogens with one attached hydrogen (secondary N) is 1. The summed E-state index contributed by atoms with van der Waals surface area (Å²) in [7, 11) is 0. The van der Waals surface area contributed by atoms with Crippen molar-refractivity contribution in [2.24, 2.45) is 5.92 Å². The number of benzene rings is 1. The van der Waals surface area contributed by atoms with Crippen LogP contribution in [0.3, 0.4) is 0 Å². The van der Waals surface area contributed by atoms with Crippen molar-refractivity contribution in [3.63, 3.8) is 0 Å². The molecule has 2 rings (SSSR count). The lowest BCUT2D eigenvalue weighted by Crippen LogP contribution is -2.29. The second-order valence-electron chi connectivity index (χ2n) is 4.89. The van der Waals surface area contributed by atoms with Gasteiger partial charge in [-0.3, -0.25) is 4.79 Å². The molecule has 1 aromatic heterocycles. The Labute approximate surface area is 123 Å². The van der Waals surface area contributed by atoms with Gasteiger partial charge >= 0.3 is 0 Å². The molecule has 1 amide bonds. The molecule has 106 valence electrons. The number of nitrogens with zero attached hydrogens (tertiary/aromatic N) is 1. The SMILES string of the molecule is CC(C)C(=O)NCCc1cc(-c2ccc(Cl)cc2)on1. The predicted octanol–water partition coefficient (Wildman–Crippen LogP) is 3.31. The summed E-state index contributed by atoms with van der Waals surface area (Å²) in [5, 5.41) is 7.53. The Hall–Kier alpha value is -1.81. The fraction of sp³-hybridized carbons (Fsp3) is 0.333. The number of amides is 1. The van der Waals surface area contributed by atoms with Gasteiger partial charge in [-0.05, 0) is 24.3 Å². The number of halogens is 1. The minimum atomic E-state index is -0.00284. The quantitative estimate of drug-likeness (QED) is 0.920. The van der Waals surface area contributed by atoms with E-state index >= 15 is 0 Å². The van der Waals surface area contributed by atoms with Gasteiger partial charge in [-0.2, -0.15) is 0 Å². The molecule has 1 heterocycles. The summed E-state index contributed by atoms with van der Waals surface area (Å²) in [6, 6.07) is 9.26. The third kappa shape index (κ3) is 3.84. The lowest BCUT2D eigenvalue weighted by molar-refractivity contribution is -0.123. The molecular weight excluding hydrogens is 276 g/mol. The van der Waals surface area contributed by atoms with Gasteiger partial charge in [0, 0.05) is 35.5 Å². The van der Waals surface area contributed by atoms with Crippen LogP contribution < -0.4 is 5.32 Å². The Balaban J connectivity index is 1.92. The molecule has 0 bridgehead atoms. The maximum absolute atomic E-state index is 11.4. The van der Waals surface area contributed by atoms with Crippen LogP contribution in [0.2, 0.25) is 5.02 Å². The minimum Gasteiger partial charge on any atom is -0.356 e. The van der Waals surface area contributed by atoms with Crippen molar-refractivity contribution >= 4 is 17.5 Å². The summed E-state index contributed by atoms with van der Waals surface area (Å²) in [5.74, 6) is 0.746. The Kier molecular flexibility index (Phi) is 4.79. The van der Waals surface area contributed by atoms with Gasteiger partial charge in [0.25, 0.3) is 0 Å². The van der Waals surface area contributed by atoms with E-state index in [-0.39, 0.29) is 11.8 Å². The third-order valence-corrected chi connectivity index (χ3v) is 3.14. The Morgan fingerprint density at radius 1 is 1.35 bits per heavy atom. The summed E-state index contributed by atoms with van der Waals surface area (Å²) >= 11 is 5.84. The molecule has 4 nitrogen and oxygen atoms in total. The first-order valence-electron chi connectivity index (χ1n) is 6.55. The van der Waals surface area contributed by atoms with Crippen molar-refractivity contribution in [1.29, 1.82) is 0 Å². The molecule has 0 unspecified atom stereocenters. The average molecular weight is 293 g/mol. The van der Waals surface area contributed by atoms with E-state index in [2.05, 4.69) is 10.5 Å². The summed E-state index contributed by atoms with van der Waals surface area (Å²) in [6.07, 6.45) is 0.648. The number of hydrogen-bond donors (Lipinski definition) is 1. The number of carbonyl (C=O) groups excluding carboxylic acids is 1.